The van der Waals surface area contributed by atoms with E-state index in [0.29, 0.717) is 22.4 Å². The van der Waals surface area contributed by atoms with Gasteiger partial charge in [0.15, 0.2) is 0 Å². The van der Waals surface area contributed by atoms with Gasteiger partial charge in [0.05, 0.1) is 16.1 Å². The van der Waals surface area contributed by atoms with Crippen LogP contribution in [0.1, 0.15) is 0 Å². The molecular weight excluding hydrogens is 362 g/mol. The summed E-state index contributed by atoms with van der Waals surface area (Å²) >= 11 is 0. The van der Waals surface area contributed by atoms with Crippen LogP contribution in [0.3, 0.4) is 0 Å². The van der Waals surface area contributed by atoms with Crippen LogP contribution in [0.2, 0.25) is 0 Å². The molecule has 7 nitrogen and oxygen atoms in total. The lowest BCUT2D eigenvalue weighted by Crippen LogP contribution is -2.11. The number of aromatic nitrogens is 3. The molecule has 4 aromatic rings. The molecule has 0 bridgehead atoms. The highest BCUT2D eigenvalue weighted by Gasteiger charge is 2.12. The molecule has 0 aliphatic carbocycles. The second kappa shape index (κ2) is 6.42. The van der Waals surface area contributed by atoms with Crippen molar-refractivity contribution in [2.24, 2.45) is 5.14 Å². The predicted octanol–water partition coefficient (Wildman–Crippen LogP) is 2.59. The van der Waals surface area contributed by atoms with E-state index in [2.05, 4.69) is 9.97 Å². The summed E-state index contributed by atoms with van der Waals surface area (Å²) in [4.78, 5) is 13.4. The molecule has 134 valence electrons. The normalized spacial score (nSPS) is 11.6. The number of anilines is 1. The van der Waals surface area contributed by atoms with E-state index in [1.807, 2.05) is 36.4 Å². The fraction of sp³-hybridized carbons (Fsp3) is 0. The zero-order valence-corrected chi connectivity index (χ0v) is 14.9. The molecule has 2 heterocycles. The summed E-state index contributed by atoms with van der Waals surface area (Å²) in [6.07, 6.45) is 0. The quantitative estimate of drug-likeness (QED) is 0.565. The molecule has 0 atom stereocenters. The Balaban J connectivity index is 1.88. The summed E-state index contributed by atoms with van der Waals surface area (Å²) in [5.41, 5.74) is 10.0. The molecule has 0 amide bonds. The van der Waals surface area contributed by atoms with Crippen LogP contribution in [-0.4, -0.2) is 23.4 Å². The zero-order chi connectivity index (χ0) is 19.0. The van der Waals surface area contributed by atoms with E-state index in [4.69, 9.17) is 15.9 Å². The van der Waals surface area contributed by atoms with Crippen LogP contribution in [0.5, 0.6) is 0 Å². The van der Waals surface area contributed by atoms with E-state index in [9.17, 15) is 8.42 Å². The van der Waals surface area contributed by atoms with Crippen molar-refractivity contribution in [3.63, 3.8) is 0 Å². The maximum Gasteiger partial charge on any atom is 0.238 e. The first-order chi connectivity index (χ1) is 12.9. The van der Waals surface area contributed by atoms with Gasteiger partial charge in [-0.3, -0.25) is 0 Å². The van der Waals surface area contributed by atoms with E-state index >= 15 is 0 Å². The number of nitrogens with two attached hydrogens (primary N) is 2. The van der Waals surface area contributed by atoms with E-state index < -0.39 is 10.0 Å². The fourth-order valence-corrected chi connectivity index (χ4v) is 3.32. The predicted molar refractivity (Wildman–Crippen MR) is 104 cm³/mol. The molecule has 0 aliphatic rings. The van der Waals surface area contributed by atoms with Crippen LogP contribution in [-0.2, 0) is 10.0 Å². The van der Waals surface area contributed by atoms with Gasteiger partial charge < -0.3 is 5.73 Å². The number of pyridine rings is 1. The highest BCUT2D eigenvalue weighted by Crippen LogP contribution is 2.28. The Bertz CT molecular complexity index is 1240. The van der Waals surface area contributed by atoms with Crippen LogP contribution in [0.25, 0.3) is 33.5 Å². The highest BCUT2D eigenvalue weighted by molar-refractivity contribution is 7.89. The lowest BCUT2D eigenvalue weighted by molar-refractivity contribution is 0.598. The average molecular weight is 377 g/mol. The number of hydrogen-bond donors (Lipinski definition) is 2. The van der Waals surface area contributed by atoms with Gasteiger partial charge in [-0.25, -0.2) is 28.5 Å². The summed E-state index contributed by atoms with van der Waals surface area (Å²) in [5.74, 6) is 0.174. The Morgan fingerprint density at radius 3 is 2.11 bits per heavy atom. The summed E-state index contributed by atoms with van der Waals surface area (Å²) in [5, 5.41) is 5.15. The van der Waals surface area contributed by atoms with Crippen molar-refractivity contribution >= 4 is 27.0 Å². The molecular formula is C19H15N5O2S. The molecule has 8 heteroatoms. The van der Waals surface area contributed by atoms with E-state index in [0.717, 1.165) is 11.1 Å². The first-order valence-electron chi connectivity index (χ1n) is 8.05. The molecule has 4 N–H and O–H groups in total. The second-order valence-corrected chi connectivity index (χ2v) is 7.49. The van der Waals surface area contributed by atoms with Crippen molar-refractivity contribution in [3.8, 4) is 22.5 Å². The third kappa shape index (κ3) is 3.35. The number of fused-ring (bicyclic) bond motifs is 1. The molecule has 2 aromatic heterocycles. The summed E-state index contributed by atoms with van der Waals surface area (Å²) in [6.45, 7) is 0. The Kier molecular flexibility index (Phi) is 4.06. The number of sulfonamides is 1. The number of rotatable bonds is 3. The van der Waals surface area contributed by atoms with Crippen molar-refractivity contribution in [1.29, 1.82) is 0 Å². The van der Waals surface area contributed by atoms with Gasteiger partial charge >= 0.3 is 0 Å². The molecule has 0 radical (unpaired) electrons. The van der Waals surface area contributed by atoms with Gasteiger partial charge in [0.25, 0.3) is 0 Å². The Morgan fingerprint density at radius 1 is 0.741 bits per heavy atom. The van der Waals surface area contributed by atoms with Gasteiger partial charge in [-0.05, 0) is 24.3 Å². The van der Waals surface area contributed by atoms with Crippen molar-refractivity contribution < 1.29 is 8.42 Å². The minimum atomic E-state index is -3.74. The SMILES string of the molecule is Nc1nc(-c2ccccc2)c2nc(-c3ccc(S(N)(=O)=O)cc3)ccc2n1. The average Bonchev–Trinajstić information content (AvgIpc) is 2.67. The Labute approximate surface area is 155 Å². The van der Waals surface area contributed by atoms with Crippen LogP contribution >= 0.6 is 0 Å². The fourth-order valence-electron chi connectivity index (χ4n) is 2.81. The van der Waals surface area contributed by atoms with Gasteiger partial charge in [0.2, 0.25) is 16.0 Å². The molecule has 0 fully saturated rings. The molecule has 27 heavy (non-hydrogen) atoms. The number of benzene rings is 2. The third-order valence-corrected chi connectivity index (χ3v) is 5.01. The lowest BCUT2D eigenvalue weighted by atomic mass is 10.1. The van der Waals surface area contributed by atoms with Gasteiger partial charge in [-0.1, -0.05) is 42.5 Å². The first-order valence-corrected chi connectivity index (χ1v) is 9.59. The monoisotopic (exact) mass is 377 g/mol. The minimum Gasteiger partial charge on any atom is -0.368 e. The molecule has 0 spiro atoms. The van der Waals surface area contributed by atoms with Crippen LogP contribution in [0, 0.1) is 0 Å². The van der Waals surface area contributed by atoms with Crippen molar-refractivity contribution in [2.75, 3.05) is 5.73 Å². The van der Waals surface area contributed by atoms with Crippen LogP contribution in [0.4, 0.5) is 5.95 Å². The second-order valence-electron chi connectivity index (χ2n) is 5.93. The van der Waals surface area contributed by atoms with Crippen molar-refractivity contribution in [2.45, 2.75) is 4.90 Å². The first kappa shape index (κ1) is 17.1. The summed E-state index contributed by atoms with van der Waals surface area (Å²) < 4.78 is 22.8. The number of primary sulfonamides is 1. The molecule has 0 aliphatic heterocycles. The Morgan fingerprint density at radius 2 is 1.44 bits per heavy atom. The third-order valence-electron chi connectivity index (χ3n) is 4.09. The zero-order valence-electron chi connectivity index (χ0n) is 14.1. The molecule has 4 rings (SSSR count). The maximum atomic E-state index is 11.4. The lowest BCUT2D eigenvalue weighted by Gasteiger charge is -2.09. The van der Waals surface area contributed by atoms with Crippen molar-refractivity contribution in [1.82, 2.24) is 15.0 Å². The Hall–Kier alpha value is -3.36. The highest BCUT2D eigenvalue weighted by atomic mass is 32.2. The maximum absolute atomic E-state index is 11.4. The minimum absolute atomic E-state index is 0.0492. The topological polar surface area (TPSA) is 125 Å². The largest absolute Gasteiger partial charge is 0.368 e. The molecule has 2 aromatic carbocycles. The number of nitrogens with zero attached hydrogens (tertiary/aromatic N) is 3. The van der Waals surface area contributed by atoms with E-state index in [-0.39, 0.29) is 10.8 Å². The number of nitrogen functional groups attached to an aromatic ring is 1. The van der Waals surface area contributed by atoms with Gasteiger partial charge in [0.1, 0.15) is 11.2 Å². The van der Waals surface area contributed by atoms with Crippen LogP contribution in [0.15, 0.2) is 71.6 Å². The van der Waals surface area contributed by atoms with Gasteiger partial charge in [-0.15, -0.1) is 0 Å². The van der Waals surface area contributed by atoms with Gasteiger partial charge in [-0.2, -0.15) is 0 Å². The summed E-state index contributed by atoms with van der Waals surface area (Å²) in [6, 6.07) is 19.4. The molecule has 0 unspecified atom stereocenters. The molecule has 0 saturated heterocycles. The van der Waals surface area contributed by atoms with Crippen LogP contribution < -0.4 is 10.9 Å². The van der Waals surface area contributed by atoms with E-state index in [1.165, 1.54) is 12.1 Å². The standard InChI is InChI=1S/C19H15N5O2S/c20-19-23-16-11-10-15(12-6-8-14(9-7-12)27(21,25)26)22-18(16)17(24-19)13-4-2-1-3-5-13/h1-11H,(H2,20,23,24)(H2,21,25,26). The van der Waals surface area contributed by atoms with Crippen molar-refractivity contribution in [3.05, 3.63) is 66.7 Å². The smallest absolute Gasteiger partial charge is 0.238 e. The molecule has 0 saturated carbocycles. The number of hydrogen-bond acceptors (Lipinski definition) is 6. The van der Waals surface area contributed by atoms with Gasteiger partial charge in [0, 0.05) is 11.1 Å². The van der Waals surface area contributed by atoms with E-state index in [1.54, 1.807) is 18.2 Å². The summed E-state index contributed by atoms with van der Waals surface area (Å²) in [7, 11) is -3.74.